The molecule has 0 aliphatic carbocycles. The topological polar surface area (TPSA) is 34.1 Å². The molecule has 0 spiro atoms. The van der Waals surface area contributed by atoms with Gasteiger partial charge in [0.1, 0.15) is 12.4 Å². The molecule has 1 atom stereocenters. The number of hydrogen-bond donors (Lipinski definition) is 1. The van der Waals surface area contributed by atoms with Gasteiger partial charge in [0.05, 0.1) is 6.20 Å². The van der Waals surface area contributed by atoms with Gasteiger partial charge in [-0.1, -0.05) is 6.07 Å². The summed E-state index contributed by atoms with van der Waals surface area (Å²) in [5.41, 5.74) is 1.12. The minimum Gasteiger partial charge on any atom is -0.490 e. The van der Waals surface area contributed by atoms with Crippen LogP contribution in [-0.2, 0) is 0 Å². The lowest BCUT2D eigenvalue weighted by Gasteiger charge is -2.27. The lowest BCUT2D eigenvalue weighted by Crippen LogP contribution is -2.46. The first-order valence-corrected chi connectivity index (χ1v) is 6.65. The van der Waals surface area contributed by atoms with Gasteiger partial charge in [-0.25, -0.2) is 0 Å². The van der Waals surface area contributed by atoms with Crippen LogP contribution in [0, 0.1) is 0 Å². The van der Waals surface area contributed by atoms with Crippen molar-refractivity contribution in [2.75, 3.05) is 13.2 Å². The molecule has 88 valence electrons. The highest BCUT2D eigenvalue weighted by Crippen LogP contribution is 2.26. The Morgan fingerprint density at radius 1 is 1.47 bits per heavy atom. The second-order valence-corrected chi connectivity index (χ2v) is 5.09. The van der Waals surface area contributed by atoms with E-state index < -0.39 is 0 Å². The van der Waals surface area contributed by atoms with Crippen molar-refractivity contribution in [3.05, 3.63) is 36.0 Å². The number of rotatable bonds is 4. The number of hydrogen-bond acceptors (Lipinski definition) is 4. The fourth-order valence-electron chi connectivity index (χ4n) is 1.76. The fourth-order valence-corrected chi connectivity index (χ4v) is 2.47. The van der Waals surface area contributed by atoms with Crippen LogP contribution in [-0.4, -0.2) is 24.2 Å². The first kappa shape index (κ1) is 10.7. The number of nitrogens with zero attached hydrogens (tertiary/aromatic N) is 1. The van der Waals surface area contributed by atoms with Crippen LogP contribution >= 0.6 is 11.3 Å². The lowest BCUT2D eigenvalue weighted by atomic mass is 10.1. The Kier molecular flexibility index (Phi) is 3.07. The Labute approximate surface area is 104 Å². The van der Waals surface area contributed by atoms with E-state index in [1.807, 2.05) is 12.3 Å². The van der Waals surface area contributed by atoms with E-state index in [4.69, 9.17) is 4.74 Å². The van der Waals surface area contributed by atoms with E-state index in [0.29, 0.717) is 6.04 Å². The highest BCUT2D eigenvalue weighted by atomic mass is 32.1. The van der Waals surface area contributed by atoms with Gasteiger partial charge in [-0.3, -0.25) is 4.98 Å². The van der Waals surface area contributed by atoms with Crippen molar-refractivity contribution in [2.45, 2.75) is 12.5 Å². The molecule has 3 heterocycles. The summed E-state index contributed by atoms with van der Waals surface area (Å²) in [5.74, 6) is 0.851. The summed E-state index contributed by atoms with van der Waals surface area (Å²) in [6, 6.07) is 6.71. The standard InChI is InChI=1S/C13H14N2OS/c1-2-13(17-5-1)10-6-12(8-14-7-10)16-9-11-3-4-15-11/h1-2,5-8,11,15H,3-4,9H2/t11-/m0/s1. The lowest BCUT2D eigenvalue weighted by molar-refractivity contribution is 0.217. The van der Waals surface area contributed by atoms with Crippen molar-refractivity contribution in [3.8, 4) is 16.2 Å². The van der Waals surface area contributed by atoms with E-state index in [1.165, 1.54) is 11.3 Å². The molecule has 0 saturated carbocycles. The zero-order valence-corrected chi connectivity index (χ0v) is 10.2. The summed E-state index contributed by atoms with van der Waals surface area (Å²) in [5, 5.41) is 5.39. The molecule has 0 aromatic carbocycles. The quantitative estimate of drug-likeness (QED) is 0.900. The number of ether oxygens (including phenoxy) is 1. The van der Waals surface area contributed by atoms with Gasteiger partial charge in [0.2, 0.25) is 0 Å². The van der Waals surface area contributed by atoms with Gasteiger partial charge in [-0.05, 0) is 30.5 Å². The van der Waals surface area contributed by atoms with Gasteiger partial charge in [0, 0.05) is 22.7 Å². The predicted octanol–water partition coefficient (Wildman–Crippen LogP) is 2.55. The van der Waals surface area contributed by atoms with Crippen LogP contribution in [0.2, 0.25) is 0 Å². The summed E-state index contributed by atoms with van der Waals surface area (Å²) in [6.07, 6.45) is 4.86. The Morgan fingerprint density at radius 2 is 2.41 bits per heavy atom. The third-order valence-corrected chi connectivity index (χ3v) is 3.81. The molecule has 1 saturated heterocycles. The van der Waals surface area contributed by atoms with Gasteiger partial charge >= 0.3 is 0 Å². The summed E-state index contributed by atoms with van der Waals surface area (Å²) >= 11 is 1.72. The van der Waals surface area contributed by atoms with Crippen LogP contribution in [0.1, 0.15) is 6.42 Å². The van der Waals surface area contributed by atoms with Gasteiger partial charge in [0.25, 0.3) is 0 Å². The molecule has 0 amide bonds. The number of aromatic nitrogens is 1. The Bertz CT molecular complexity index is 480. The summed E-state index contributed by atoms with van der Waals surface area (Å²) in [4.78, 5) is 5.45. The molecule has 2 aromatic rings. The van der Waals surface area contributed by atoms with Crippen molar-refractivity contribution in [1.29, 1.82) is 0 Å². The maximum absolute atomic E-state index is 5.73. The molecular weight excluding hydrogens is 232 g/mol. The average Bonchev–Trinajstić information content (AvgIpc) is 2.81. The van der Waals surface area contributed by atoms with E-state index in [-0.39, 0.29) is 0 Å². The van der Waals surface area contributed by atoms with Crippen molar-refractivity contribution in [1.82, 2.24) is 10.3 Å². The van der Waals surface area contributed by atoms with E-state index >= 15 is 0 Å². The molecular formula is C13H14N2OS. The Hall–Kier alpha value is -1.39. The number of pyridine rings is 1. The smallest absolute Gasteiger partial charge is 0.138 e. The molecule has 0 bridgehead atoms. The maximum Gasteiger partial charge on any atom is 0.138 e. The molecule has 0 radical (unpaired) electrons. The molecule has 1 fully saturated rings. The van der Waals surface area contributed by atoms with Crippen LogP contribution in [0.5, 0.6) is 5.75 Å². The Morgan fingerprint density at radius 3 is 3.12 bits per heavy atom. The summed E-state index contributed by atoms with van der Waals surface area (Å²) < 4.78 is 5.73. The fraction of sp³-hybridized carbons (Fsp3) is 0.308. The zero-order chi connectivity index (χ0) is 11.5. The Balaban J connectivity index is 1.70. The minimum atomic E-state index is 0.514. The molecule has 17 heavy (non-hydrogen) atoms. The monoisotopic (exact) mass is 246 g/mol. The third-order valence-electron chi connectivity index (χ3n) is 2.90. The molecule has 3 nitrogen and oxygen atoms in total. The highest BCUT2D eigenvalue weighted by Gasteiger charge is 2.16. The first-order valence-electron chi connectivity index (χ1n) is 5.77. The summed E-state index contributed by atoms with van der Waals surface area (Å²) in [7, 11) is 0. The minimum absolute atomic E-state index is 0.514. The van der Waals surface area contributed by atoms with Crippen LogP contribution in [0.15, 0.2) is 36.0 Å². The van der Waals surface area contributed by atoms with Crippen LogP contribution < -0.4 is 10.1 Å². The molecule has 1 N–H and O–H groups in total. The maximum atomic E-state index is 5.73. The molecule has 3 rings (SSSR count). The zero-order valence-electron chi connectivity index (χ0n) is 9.43. The number of thiophene rings is 1. The highest BCUT2D eigenvalue weighted by molar-refractivity contribution is 7.13. The van der Waals surface area contributed by atoms with E-state index in [1.54, 1.807) is 17.5 Å². The molecule has 1 aliphatic heterocycles. The van der Waals surface area contributed by atoms with Crippen molar-refractivity contribution >= 4 is 11.3 Å². The van der Waals surface area contributed by atoms with Crippen molar-refractivity contribution in [3.63, 3.8) is 0 Å². The van der Waals surface area contributed by atoms with Crippen molar-refractivity contribution < 1.29 is 4.74 Å². The van der Waals surface area contributed by atoms with Crippen LogP contribution in [0.3, 0.4) is 0 Å². The van der Waals surface area contributed by atoms with Gasteiger partial charge < -0.3 is 10.1 Å². The first-order chi connectivity index (χ1) is 8.42. The average molecular weight is 246 g/mol. The molecule has 4 heteroatoms. The van der Waals surface area contributed by atoms with Crippen LogP contribution in [0.4, 0.5) is 0 Å². The predicted molar refractivity (Wildman–Crippen MR) is 69.5 cm³/mol. The second kappa shape index (κ2) is 4.85. The normalized spacial score (nSPS) is 18.7. The largest absolute Gasteiger partial charge is 0.490 e. The van der Waals surface area contributed by atoms with E-state index in [2.05, 4.69) is 27.8 Å². The van der Waals surface area contributed by atoms with Crippen LogP contribution in [0.25, 0.3) is 10.4 Å². The van der Waals surface area contributed by atoms with Gasteiger partial charge in [-0.2, -0.15) is 0 Å². The summed E-state index contributed by atoms with van der Waals surface area (Å²) in [6.45, 7) is 1.84. The van der Waals surface area contributed by atoms with E-state index in [9.17, 15) is 0 Å². The van der Waals surface area contributed by atoms with Crippen molar-refractivity contribution in [2.24, 2.45) is 0 Å². The number of nitrogens with one attached hydrogen (secondary N) is 1. The molecule has 1 aliphatic rings. The molecule has 2 aromatic heterocycles. The van der Waals surface area contributed by atoms with Gasteiger partial charge in [0.15, 0.2) is 0 Å². The van der Waals surface area contributed by atoms with Gasteiger partial charge in [-0.15, -0.1) is 11.3 Å². The third kappa shape index (κ3) is 2.48. The molecule has 0 unspecified atom stereocenters. The van der Waals surface area contributed by atoms with E-state index in [0.717, 1.165) is 24.5 Å². The SMILES string of the molecule is c1csc(-c2cncc(OC[C@@H]3CCN3)c2)c1. The second-order valence-electron chi connectivity index (χ2n) is 4.14.